The zero-order chi connectivity index (χ0) is 21.2. The van der Waals surface area contributed by atoms with Crippen molar-refractivity contribution < 1.29 is 9.59 Å². The van der Waals surface area contributed by atoms with E-state index in [1.54, 1.807) is 6.08 Å². The minimum Gasteiger partial charge on any atom is -0.282 e. The highest BCUT2D eigenvalue weighted by atomic mass is 32.2. The Kier molecular flexibility index (Phi) is 4.98. The lowest BCUT2D eigenvalue weighted by atomic mass is 10.1. The Labute approximate surface area is 183 Å². The molecule has 0 spiro atoms. The zero-order valence-corrected chi connectivity index (χ0v) is 17.2. The molecule has 5 rings (SSSR count). The van der Waals surface area contributed by atoms with E-state index in [0.717, 1.165) is 45.5 Å². The van der Waals surface area contributed by atoms with Crippen LogP contribution in [0.2, 0.25) is 0 Å². The summed E-state index contributed by atoms with van der Waals surface area (Å²) in [5.41, 5.74) is 5.75. The summed E-state index contributed by atoms with van der Waals surface area (Å²) in [5, 5.41) is 6.80. The van der Waals surface area contributed by atoms with Gasteiger partial charge in [0.05, 0.1) is 22.0 Å². The summed E-state index contributed by atoms with van der Waals surface area (Å²) in [6.45, 7) is 0. The van der Waals surface area contributed by atoms with Crippen molar-refractivity contribution in [2.75, 3.05) is 0 Å². The summed E-state index contributed by atoms with van der Waals surface area (Å²) < 4.78 is 1.93. The van der Waals surface area contributed by atoms with Crippen molar-refractivity contribution in [3.05, 3.63) is 101 Å². The van der Waals surface area contributed by atoms with Crippen LogP contribution in [0.4, 0.5) is 4.79 Å². The number of carbonyl (C=O) groups is 2. The molecule has 0 saturated carbocycles. The molecule has 0 bridgehead atoms. The van der Waals surface area contributed by atoms with Crippen molar-refractivity contribution in [2.24, 2.45) is 0 Å². The van der Waals surface area contributed by atoms with E-state index >= 15 is 0 Å². The van der Waals surface area contributed by atoms with Gasteiger partial charge in [-0.1, -0.05) is 72.8 Å². The third-order valence-corrected chi connectivity index (χ3v) is 5.74. The van der Waals surface area contributed by atoms with Crippen LogP contribution >= 0.6 is 11.8 Å². The number of hydrogen-bond donors (Lipinski definition) is 1. The quantitative estimate of drug-likeness (QED) is 0.438. The molecule has 1 aromatic heterocycles. The van der Waals surface area contributed by atoms with E-state index in [1.807, 2.05) is 77.5 Å². The van der Waals surface area contributed by atoms with Crippen LogP contribution in [0.5, 0.6) is 0 Å². The average molecular weight is 423 g/mol. The molecule has 1 N–H and O–H groups in total. The van der Waals surface area contributed by atoms with Crippen molar-refractivity contribution >= 4 is 29.0 Å². The standard InChI is InChI=1S/C25H17N3O2S/c29-24-23(31-25(30)26-24)15-17-11-13-20(14-12-17)28-22(19-9-5-2-6-10-19)16-21(27-28)18-7-3-1-4-8-18/h1-16H,(H,26,29,30)/b23-15-. The number of benzene rings is 3. The lowest BCUT2D eigenvalue weighted by Gasteiger charge is -2.08. The van der Waals surface area contributed by atoms with Crippen molar-refractivity contribution in [2.45, 2.75) is 0 Å². The van der Waals surface area contributed by atoms with Gasteiger partial charge < -0.3 is 0 Å². The van der Waals surface area contributed by atoms with Gasteiger partial charge in [-0.15, -0.1) is 0 Å². The summed E-state index contributed by atoms with van der Waals surface area (Å²) in [6, 6.07) is 30.1. The average Bonchev–Trinajstić information content (AvgIpc) is 3.39. The van der Waals surface area contributed by atoms with Crippen LogP contribution in [-0.2, 0) is 4.79 Å². The lowest BCUT2D eigenvalue weighted by molar-refractivity contribution is -0.115. The number of imide groups is 1. The van der Waals surface area contributed by atoms with Crippen LogP contribution in [0.15, 0.2) is 95.9 Å². The summed E-state index contributed by atoms with van der Waals surface area (Å²) in [4.78, 5) is 23.5. The van der Waals surface area contributed by atoms with E-state index in [1.165, 1.54) is 0 Å². The molecule has 2 heterocycles. The number of rotatable bonds is 4. The molecule has 0 unspecified atom stereocenters. The summed E-state index contributed by atoms with van der Waals surface area (Å²) in [6.07, 6.45) is 1.71. The van der Waals surface area contributed by atoms with Crippen molar-refractivity contribution in [1.29, 1.82) is 0 Å². The second-order valence-corrected chi connectivity index (χ2v) is 8.02. The molecule has 5 nitrogen and oxygen atoms in total. The van der Waals surface area contributed by atoms with Gasteiger partial charge in [-0.25, -0.2) is 4.68 Å². The van der Waals surface area contributed by atoms with Crippen LogP contribution < -0.4 is 5.32 Å². The Balaban J connectivity index is 1.55. The van der Waals surface area contributed by atoms with Gasteiger partial charge in [0, 0.05) is 11.1 Å². The summed E-state index contributed by atoms with van der Waals surface area (Å²) >= 11 is 0.914. The maximum atomic E-state index is 11.8. The highest BCUT2D eigenvalue weighted by Gasteiger charge is 2.24. The molecule has 1 saturated heterocycles. The van der Waals surface area contributed by atoms with Crippen LogP contribution in [0, 0.1) is 0 Å². The third kappa shape index (κ3) is 3.93. The van der Waals surface area contributed by atoms with Crippen LogP contribution in [0.3, 0.4) is 0 Å². The molecule has 1 fully saturated rings. The van der Waals surface area contributed by atoms with E-state index < -0.39 is 0 Å². The Bertz CT molecular complexity index is 1290. The summed E-state index contributed by atoms with van der Waals surface area (Å²) in [7, 11) is 0. The van der Waals surface area contributed by atoms with Gasteiger partial charge in [-0.3, -0.25) is 14.9 Å². The molecule has 2 amide bonds. The second kappa shape index (κ2) is 8.08. The number of aromatic nitrogens is 2. The number of amides is 2. The van der Waals surface area contributed by atoms with E-state index in [0.29, 0.717) is 4.91 Å². The van der Waals surface area contributed by atoms with Gasteiger partial charge in [0.1, 0.15) is 0 Å². The third-order valence-electron chi connectivity index (χ3n) is 4.93. The lowest BCUT2D eigenvalue weighted by Crippen LogP contribution is -2.17. The molecule has 1 aliphatic heterocycles. The first-order valence-corrected chi connectivity index (χ1v) is 10.6. The van der Waals surface area contributed by atoms with Gasteiger partial charge >= 0.3 is 0 Å². The summed E-state index contributed by atoms with van der Waals surface area (Å²) in [5.74, 6) is -0.356. The van der Waals surface area contributed by atoms with Crippen LogP contribution in [0.25, 0.3) is 34.3 Å². The van der Waals surface area contributed by atoms with E-state index in [9.17, 15) is 9.59 Å². The van der Waals surface area contributed by atoms with Gasteiger partial charge in [0.15, 0.2) is 0 Å². The minimum absolute atomic E-state index is 0.342. The molecule has 31 heavy (non-hydrogen) atoms. The Morgan fingerprint density at radius 2 is 1.45 bits per heavy atom. The van der Waals surface area contributed by atoms with Crippen LogP contribution in [0.1, 0.15) is 5.56 Å². The zero-order valence-electron chi connectivity index (χ0n) is 16.4. The largest absolute Gasteiger partial charge is 0.290 e. The van der Waals surface area contributed by atoms with Gasteiger partial charge in [0.2, 0.25) is 0 Å². The molecule has 3 aromatic carbocycles. The first kappa shape index (κ1) is 19.1. The predicted molar refractivity (Wildman–Crippen MR) is 124 cm³/mol. The van der Waals surface area contributed by atoms with Crippen molar-refractivity contribution in [3.63, 3.8) is 0 Å². The monoisotopic (exact) mass is 423 g/mol. The molecule has 150 valence electrons. The normalized spacial score (nSPS) is 14.8. The fraction of sp³-hybridized carbons (Fsp3) is 0. The highest BCUT2D eigenvalue weighted by Crippen LogP contribution is 2.30. The maximum Gasteiger partial charge on any atom is 0.290 e. The minimum atomic E-state index is -0.356. The molecule has 0 aliphatic carbocycles. The molecule has 1 aliphatic rings. The second-order valence-electron chi connectivity index (χ2n) is 7.00. The van der Waals surface area contributed by atoms with Gasteiger partial charge in [-0.2, -0.15) is 5.10 Å². The number of hydrogen-bond acceptors (Lipinski definition) is 4. The first-order chi connectivity index (χ1) is 15.2. The van der Waals surface area contributed by atoms with Crippen LogP contribution in [-0.4, -0.2) is 20.9 Å². The van der Waals surface area contributed by atoms with E-state index in [4.69, 9.17) is 5.10 Å². The molecular formula is C25H17N3O2S. The van der Waals surface area contributed by atoms with Gasteiger partial charge in [-0.05, 0) is 41.6 Å². The molecule has 0 radical (unpaired) electrons. The number of carbonyl (C=O) groups excluding carboxylic acids is 2. The Morgan fingerprint density at radius 3 is 2.06 bits per heavy atom. The SMILES string of the molecule is O=C1NC(=O)/C(=C/c2ccc(-n3nc(-c4ccccc4)cc3-c3ccccc3)cc2)S1. The Morgan fingerprint density at radius 1 is 0.806 bits per heavy atom. The fourth-order valence-electron chi connectivity index (χ4n) is 3.43. The van der Waals surface area contributed by atoms with Gasteiger partial charge in [0.25, 0.3) is 11.1 Å². The predicted octanol–water partition coefficient (Wildman–Crippen LogP) is 5.53. The topological polar surface area (TPSA) is 64.0 Å². The number of nitrogens with one attached hydrogen (secondary N) is 1. The van der Waals surface area contributed by atoms with E-state index in [2.05, 4.69) is 23.5 Å². The smallest absolute Gasteiger partial charge is 0.282 e. The van der Waals surface area contributed by atoms with Crippen molar-refractivity contribution in [3.8, 4) is 28.2 Å². The maximum absolute atomic E-state index is 11.8. The first-order valence-electron chi connectivity index (χ1n) is 9.73. The van der Waals surface area contributed by atoms with Crippen molar-refractivity contribution in [1.82, 2.24) is 15.1 Å². The van der Waals surface area contributed by atoms with E-state index in [-0.39, 0.29) is 11.1 Å². The molecular weight excluding hydrogens is 406 g/mol. The molecule has 4 aromatic rings. The number of nitrogens with zero attached hydrogens (tertiary/aromatic N) is 2. The molecule has 0 atom stereocenters. The fourth-order valence-corrected chi connectivity index (χ4v) is 4.11. The molecule has 6 heteroatoms. The number of thioether (sulfide) groups is 1. The Hall–Kier alpha value is -3.90. The highest BCUT2D eigenvalue weighted by molar-refractivity contribution is 8.18.